The summed E-state index contributed by atoms with van der Waals surface area (Å²) in [7, 11) is -1.46. The van der Waals surface area contributed by atoms with Crippen LogP contribution in [0.25, 0.3) is 22.2 Å². The third-order valence-corrected chi connectivity index (χ3v) is 13.0. The average molecular weight is 873 g/mol. The van der Waals surface area contributed by atoms with Crippen molar-refractivity contribution >= 4 is 36.5 Å². The van der Waals surface area contributed by atoms with Gasteiger partial charge < -0.3 is 14.2 Å². The van der Waals surface area contributed by atoms with Crippen LogP contribution in [0.1, 0.15) is 63.0 Å². The molecule has 4 heterocycles. The molecule has 63 heavy (non-hydrogen) atoms. The number of ether oxygens (including phenoxy) is 1. The highest BCUT2D eigenvalue weighted by Crippen LogP contribution is 2.37. The Bertz CT molecular complexity index is 2760. The first kappa shape index (κ1) is 43.3. The second-order valence-corrected chi connectivity index (χ2v) is 22.5. The van der Waals surface area contributed by atoms with E-state index in [9.17, 15) is 22.0 Å². The zero-order valence-corrected chi connectivity index (χ0v) is 36.3. The summed E-state index contributed by atoms with van der Waals surface area (Å²) in [4.78, 5) is 36.4. The van der Waals surface area contributed by atoms with E-state index >= 15 is 4.79 Å². The first-order valence-electron chi connectivity index (χ1n) is 20.8. The minimum atomic E-state index is -2.24. The molecule has 14 heteroatoms. The molecular formula is C49H45F5N6O2Si. The van der Waals surface area contributed by atoms with E-state index in [4.69, 9.17) is 19.7 Å². The zero-order valence-electron chi connectivity index (χ0n) is 35.3. The molecule has 1 atom stereocenters. The molecule has 322 valence electrons. The number of amides is 1. The number of pyridine rings is 3. The van der Waals surface area contributed by atoms with Crippen molar-refractivity contribution in [3.63, 3.8) is 0 Å². The lowest BCUT2D eigenvalue weighted by Crippen LogP contribution is -2.38. The van der Waals surface area contributed by atoms with E-state index in [1.165, 1.54) is 12.1 Å². The van der Waals surface area contributed by atoms with E-state index in [0.717, 1.165) is 58.7 Å². The SMILES string of the molecule is Cc1cc2c(cc(C(=O)N(Cc3ccc(-c4c(F)c(F)c(F)c(F)c4F)cn3)[C@@H]3CCCc4cccnc43)n2COCC[Si](C)(C)C)nc1N=C(c1ccccc1)c1ccccc1. The molecule has 7 aromatic rings. The van der Waals surface area contributed by atoms with E-state index in [-0.39, 0.29) is 24.7 Å². The number of nitrogens with zero attached hydrogens (tertiary/aromatic N) is 6. The normalized spacial score (nSPS) is 13.8. The predicted molar refractivity (Wildman–Crippen MR) is 236 cm³/mol. The van der Waals surface area contributed by atoms with Crippen molar-refractivity contribution in [2.45, 2.75) is 71.2 Å². The van der Waals surface area contributed by atoms with Gasteiger partial charge in [-0.1, -0.05) is 92.4 Å². The monoisotopic (exact) mass is 872 g/mol. The van der Waals surface area contributed by atoms with Crippen molar-refractivity contribution in [2.24, 2.45) is 4.99 Å². The molecule has 0 radical (unpaired) electrons. The molecule has 0 bridgehead atoms. The minimum absolute atomic E-state index is 0.0697. The summed E-state index contributed by atoms with van der Waals surface area (Å²) < 4.78 is 80.0. The Balaban J connectivity index is 1.23. The van der Waals surface area contributed by atoms with Crippen LogP contribution in [0.15, 0.2) is 114 Å². The summed E-state index contributed by atoms with van der Waals surface area (Å²) in [5, 5.41) is 0. The first-order valence-corrected chi connectivity index (χ1v) is 24.5. The van der Waals surface area contributed by atoms with Gasteiger partial charge in [0.05, 0.1) is 46.3 Å². The molecule has 8 rings (SSSR count). The molecule has 0 saturated carbocycles. The molecule has 1 amide bonds. The molecule has 0 spiro atoms. The molecular weight excluding hydrogens is 828 g/mol. The number of fused-ring (bicyclic) bond motifs is 2. The number of halogens is 5. The van der Waals surface area contributed by atoms with Gasteiger partial charge in [-0.3, -0.25) is 14.8 Å². The van der Waals surface area contributed by atoms with Gasteiger partial charge in [0, 0.05) is 43.8 Å². The number of benzene rings is 3. The quantitative estimate of drug-likeness (QED) is 0.0288. The summed E-state index contributed by atoms with van der Waals surface area (Å²) in [5.74, 6) is -10.2. The Hall–Kier alpha value is -6.38. The maximum atomic E-state index is 15.4. The fraction of sp³-hybridized carbons (Fsp3) is 0.245. The molecule has 0 unspecified atom stereocenters. The van der Waals surface area contributed by atoms with E-state index in [2.05, 4.69) is 24.6 Å². The number of aliphatic imine (C=N–C) groups is 1. The standard InChI is InChI=1S/C49H45F5N6O2Si/c1-30-25-38-36(57-48(30)58-46(31-13-7-5-8-14-31)32-15-9-6-10-16-32)26-39(60(38)29-62-23-24-63(2,3)4)49(61)59(37-19-11-17-33-18-12-22-55-47(33)37)28-35-21-20-34(27-56-35)40-41(50)43(52)45(54)44(53)42(40)51/h5-10,12-16,18,20-22,25-27,37H,11,17,19,23-24,28-29H2,1-4H3/t37-/m1/s1. The Morgan fingerprint density at radius 1 is 0.841 bits per heavy atom. The largest absolute Gasteiger partial charge is 0.361 e. The van der Waals surface area contributed by atoms with E-state index in [1.807, 2.05) is 90.4 Å². The van der Waals surface area contributed by atoms with Crippen LogP contribution in [0.5, 0.6) is 0 Å². The smallest absolute Gasteiger partial charge is 0.271 e. The summed E-state index contributed by atoms with van der Waals surface area (Å²) in [6.07, 6.45) is 4.87. The molecule has 0 fully saturated rings. The number of carbonyl (C=O) groups excluding carboxylic acids is 1. The lowest BCUT2D eigenvalue weighted by Gasteiger charge is -2.35. The Morgan fingerprint density at radius 3 is 2.14 bits per heavy atom. The van der Waals surface area contributed by atoms with Crippen molar-refractivity contribution in [1.82, 2.24) is 24.4 Å². The second kappa shape index (κ2) is 18.1. The highest BCUT2D eigenvalue weighted by molar-refractivity contribution is 6.76. The zero-order chi connectivity index (χ0) is 44.4. The molecule has 8 nitrogen and oxygen atoms in total. The summed E-state index contributed by atoms with van der Waals surface area (Å²) in [6.45, 7) is 9.23. The van der Waals surface area contributed by atoms with Crippen molar-refractivity contribution in [3.8, 4) is 11.1 Å². The van der Waals surface area contributed by atoms with Crippen LogP contribution >= 0.6 is 0 Å². The second-order valence-electron chi connectivity index (χ2n) is 16.9. The molecule has 1 aliphatic carbocycles. The summed E-state index contributed by atoms with van der Waals surface area (Å²) in [6, 6.07) is 30.4. The van der Waals surface area contributed by atoms with Crippen LogP contribution in [0.2, 0.25) is 25.7 Å². The van der Waals surface area contributed by atoms with Gasteiger partial charge >= 0.3 is 0 Å². The molecule has 0 saturated heterocycles. The van der Waals surface area contributed by atoms with Crippen LogP contribution in [0, 0.1) is 36.0 Å². The van der Waals surface area contributed by atoms with Crippen molar-refractivity contribution in [2.75, 3.05) is 6.61 Å². The summed E-state index contributed by atoms with van der Waals surface area (Å²) >= 11 is 0. The van der Waals surface area contributed by atoms with Crippen LogP contribution in [0.3, 0.4) is 0 Å². The van der Waals surface area contributed by atoms with E-state index in [1.54, 1.807) is 17.2 Å². The third kappa shape index (κ3) is 9.09. The summed E-state index contributed by atoms with van der Waals surface area (Å²) in [5.41, 5.74) is 5.53. The highest BCUT2D eigenvalue weighted by Gasteiger charge is 2.34. The number of aryl methyl sites for hydroxylation is 2. The maximum Gasteiger partial charge on any atom is 0.271 e. The first-order chi connectivity index (χ1) is 30.3. The Labute approximate surface area is 363 Å². The molecule has 0 aliphatic heterocycles. The fourth-order valence-corrected chi connectivity index (χ4v) is 8.63. The average Bonchev–Trinajstić information content (AvgIpc) is 3.64. The van der Waals surface area contributed by atoms with E-state index < -0.39 is 48.8 Å². The van der Waals surface area contributed by atoms with Crippen LogP contribution in [-0.2, 0) is 24.4 Å². The van der Waals surface area contributed by atoms with Crippen molar-refractivity contribution < 1.29 is 31.5 Å². The van der Waals surface area contributed by atoms with Crippen LogP contribution in [0.4, 0.5) is 27.8 Å². The number of rotatable bonds is 13. The predicted octanol–water partition coefficient (Wildman–Crippen LogP) is 11.7. The Kier molecular flexibility index (Phi) is 12.5. The number of hydrogen-bond donors (Lipinski definition) is 0. The topological polar surface area (TPSA) is 85.5 Å². The highest BCUT2D eigenvalue weighted by atomic mass is 28.3. The Morgan fingerprint density at radius 2 is 1.51 bits per heavy atom. The van der Waals surface area contributed by atoms with Gasteiger partial charge in [0.1, 0.15) is 12.4 Å². The van der Waals surface area contributed by atoms with E-state index in [0.29, 0.717) is 41.3 Å². The minimum Gasteiger partial charge on any atom is -0.361 e. The number of carbonyl (C=O) groups is 1. The fourth-order valence-electron chi connectivity index (χ4n) is 7.88. The van der Waals surface area contributed by atoms with Crippen molar-refractivity contribution in [1.29, 1.82) is 0 Å². The van der Waals surface area contributed by atoms with Gasteiger partial charge in [0.25, 0.3) is 5.91 Å². The third-order valence-electron chi connectivity index (χ3n) is 11.3. The van der Waals surface area contributed by atoms with Crippen LogP contribution in [-0.4, -0.2) is 50.7 Å². The number of aromatic nitrogens is 4. The van der Waals surface area contributed by atoms with Gasteiger partial charge in [-0.05, 0) is 67.6 Å². The van der Waals surface area contributed by atoms with Crippen LogP contribution < -0.4 is 0 Å². The lowest BCUT2D eigenvalue weighted by atomic mass is 9.90. The van der Waals surface area contributed by atoms with Gasteiger partial charge in [-0.15, -0.1) is 0 Å². The molecule has 3 aromatic carbocycles. The van der Waals surface area contributed by atoms with Crippen molar-refractivity contribution in [3.05, 3.63) is 178 Å². The van der Waals surface area contributed by atoms with Gasteiger partial charge in [0.2, 0.25) is 5.82 Å². The van der Waals surface area contributed by atoms with Gasteiger partial charge in [-0.2, -0.15) is 0 Å². The molecule has 1 aliphatic rings. The molecule has 4 aromatic heterocycles. The van der Waals surface area contributed by atoms with Gasteiger partial charge in [0.15, 0.2) is 29.1 Å². The lowest BCUT2D eigenvalue weighted by molar-refractivity contribution is 0.0575. The number of hydrogen-bond acceptors (Lipinski definition) is 6. The maximum absolute atomic E-state index is 15.4. The molecule has 0 N–H and O–H groups in total. The van der Waals surface area contributed by atoms with Gasteiger partial charge in [-0.25, -0.2) is 31.9 Å².